The molecule has 4 aromatic rings. The van der Waals surface area contributed by atoms with Gasteiger partial charge in [0.2, 0.25) is 5.91 Å². The van der Waals surface area contributed by atoms with Crippen LogP contribution in [0.4, 0.5) is 0 Å². The Labute approximate surface area is 209 Å². The van der Waals surface area contributed by atoms with Crippen LogP contribution in [0, 0.1) is 0 Å². The minimum absolute atomic E-state index is 0.0324. The van der Waals surface area contributed by atoms with Gasteiger partial charge in [-0.2, -0.15) is 0 Å². The van der Waals surface area contributed by atoms with Crippen LogP contribution in [0.2, 0.25) is 0 Å². The van der Waals surface area contributed by atoms with Crippen LogP contribution in [-0.2, 0) is 11.2 Å². The number of ether oxygens (including phenoxy) is 1. The first-order valence-electron chi connectivity index (χ1n) is 12.0. The summed E-state index contributed by atoms with van der Waals surface area (Å²) in [7, 11) is 1.59. The number of rotatable bonds is 10. The van der Waals surface area contributed by atoms with Crippen molar-refractivity contribution in [2.45, 2.75) is 45.6 Å². The molecule has 2 aromatic heterocycles. The lowest BCUT2D eigenvalue weighted by Gasteiger charge is -2.31. The van der Waals surface area contributed by atoms with Crippen molar-refractivity contribution in [2.75, 3.05) is 13.7 Å². The lowest BCUT2D eigenvalue weighted by atomic mass is 10.1. The van der Waals surface area contributed by atoms with Crippen molar-refractivity contribution in [3.05, 3.63) is 87.1 Å². The highest BCUT2D eigenvalue weighted by Gasteiger charge is 2.27. The molecule has 0 aliphatic heterocycles. The predicted octanol–water partition coefficient (Wildman–Crippen LogP) is 5.78. The van der Waals surface area contributed by atoms with E-state index in [4.69, 9.17) is 9.72 Å². The Kier molecular flexibility index (Phi) is 7.98. The van der Waals surface area contributed by atoms with Gasteiger partial charge in [-0.05, 0) is 49.1 Å². The molecule has 2 heterocycles. The van der Waals surface area contributed by atoms with Crippen LogP contribution in [-0.4, -0.2) is 34.0 Å². The van der Waals surface area contributed by atoms with Crippen molar-refractivity contribution in [1.82, 2.24) is 14.5 Å². The third-order valence-corrected chi connectivity index (χ3v) is 7.07. The number of amides is 1. The molecule has 0 N–H and O–H groups in total. The minimum atomic E-state index is -0.415. The largest absolute Gasteiger partial charge is 0.495 e. The molecule has 7 heteroatoms. The van der Waals surface area contributed by atoms with Crippen LogP contribution in [0.25, 0.3) is 16.6 Å². The van der Waals surface area contributed by atoms with Crippen molar-refractivity contribution < 1.29 is 9.53 Å². The normalized spacial score (nSPS) is 12.0. The van der Waals surface area contributed by atoms with Gasteiger partial charge < -0.3 is 9.64 Å². The molecule has 0 aliphatic carbocycles. The average Bonchev–Trinajstić information content (AvgIpc) is 3.39. The maximum absolute atomic E-state index is 13.8. The van der Waals surface area contributed by atoms with Gasteiger partial charge in [0.05, 0.1) is 36.2 Å². The molecule has 1 atom stereocenters. The van der Waals surface area contributed by atoms with Gasteiger partial charge in [-0.15, -0.1) is 11.3 Å². The quantitative estimate of drug-likeness (QED) is 0.265. The van der Waals surface area contributed by atoms with E-state index in [0.29, 0.717) is 41.1 Å². The molecule has 0 bridgehead atoms. The van der Waals surface area contributed by atoms with E-state index in [2.05, 4.69) is 6.92 Å². The lowest BCUT2D eigenvalue weighted by Crippen LogP contribution is -2.39. The number of methoxy groups -OCH3 is 1. The van der Waals surface area contributed by atoms with Gasteiger partial charge in [0, 0.05) is 11.4 Å². The molecule has 0 aliphatic rings. The summed E-state index contributed by atoms with van der Waals surface area (Å²) in [5.41, 5.74) is 1.05. The molecule has 0 saturated heterocycles. The highest BCUT2D eigenvalue weighted by Crippen LogP contribution is 2.28. The third kappa shape index (κ3) is 5.30. The number of carbonyl (C=O) groups excluding carboxylic acids is 1. The average molecular weight is 490 g/mol. The molecule has 35 heavy (non-hydrogen) atoms. The van der Waals surface area contributed by atoms with Gasteiger partial charge in [0.15, 0.2) is 0 Å². The third-order valence-electron chi connectivity index (χ3n) is 6.20. The Morgan fingerprint density at radius 2 is 1.86 bits per heavy atom. The maximum atomic E-state index is 13.8. The zero-order valence-electron chi connectivity index (χ0n) is 20.4. The van der Waals surface area contributed by atoms with Gasteiger partial charge in [-0.3, -0.25) is 14.2 Å². The molecular weight excluding hydrogens is 458 g/mol. The topological polar surface area (TPSA) is 64.4 Å². The summed E-state index contributed by atoms with van der Waals surface area (Å²) in [6.45, 7) is 4.71. The molecule has 6 nitrogen and oxygen atoms in total. The molecule has 0 saturated carbocycles. The van der Waals surface area contributed by atoms with Crippen molar-refractivity contribution in [1.29, 1.82) is 0 Å². The first-order chi connectivity index (χ1) is 17.0. The van der Waals surface area contributed by atoms with Gasteiger partial charge in [-0.25, -0.2) is 4.98 Å². The predicted molar refractivity (Wildman–Crippen MR) is 142 cm³/mol. The molecule has 0 radical (unpaired) electrons. The van der Waals surface area contributed by atoms with Gasteiger partial charge >= 0.3 is 0 Å². The fourth-order valence-corrected chi connectivity index (χ4v) is 5.04. The summed E-state index contributed by atoms with van der Waals surface area (Å²) in [5, 5.41) is 2.51. The van der Waals surface area contributed by atoms with Crippen molar-refractivity contribution in [3.8, 4) is 11.4 Å². The Balaban J connectivity index is 1.86. The fraction of sp³-hybridized carbons (Fsp3) is 0.321. The molecular formula is C28H31N3O3S. The summed E-state index contributed by atoms with van der Waals surface area (Å²) >= 11 is 1.58. The summed E-state index contributed by atoms with van der Waals surface area (Å²) in [4.78, 5) is 35.2. The Morgan fingerprint density at radius 3 is 2.60 bits per heavy atom. The van der Waals surface area contributed by atoms with E-state index in [0.717, 1.165) is 24.1 Å². The standard InChI is InChI=1S/C28H31N3O3S/c1-4-5-10-17-30(26(32)19-21-12-11-18-35-21)20(2)27-29-23-14-7-6-13-22(23)28(33)31(27)24-15-8-9-16-25(24)34-3/h6-9,11-16,18,20H,4-5,10,17,19H2,1-3H3. The fourth-order valence-electron chi connectivity index (χ4n) is 4.35. The summed E-state index contributed by atoms with van der Waals surface area (Å²) in [6, 6.07) is 18.3. The van der Waals surface area contributed by atoms with E-state index in [9.17, 15) is 9.59 Å². The molecule has 1 unspecified atom stereocenters. The number of hydrogen-bond acceptors (Lipinski definition) is 5. The number of unbranched alkanes of at least 4 members (excludes halogenated alkanes) is 2. The van der Waals surface area contributed by atoms with Crippen LogP contribution >= 0.6 is 11.3 Å². The van der Waals surface area contributed by atoms with Gasteiger partial charge in [0.25, 0.3) is 5.56 Å². The molecule has 182 valence electrons. The van der Waals surface area contributed by atoms with Crippen molar-refractivity contribution in [3.63, 3.8) is 0 Å². The van der Waals surface area contributed by atoms with Crippen LogP contribution in [0.1, 0.15) is 49.9 Å². The molecule has 4 rings (SSSR count). The summed E-state index contributed by atoms with van der Waals surface area (Å²) < 4.78 is 7.20. The number of para-hydroxylation sites is 3. The first kappa shape index (κ1) is 24.7. The summed E-state index contributed by atoms with van der Waals surface area (Å²) in [6.07, 6.45) is 3.31. The van der Waals surface area contributed by atoms with Gasteiger partial charge in [0.1, 0.15) is 11.6 Å². The second kappa shape index (κ2) is 11.3. The number of thiophene rings is 1. The maximum Gasteiger partial charge on any atom is 0.266 e. The smallest absolute Gasteiger partial charge is 0.266 e. The number of benzene rings is 2. The highest BCUT2D eigenvalue weighted by molar-refractivity contribution is 7.10. The van der Waals surface area contributed by atoms with E-state index in [-0.39, 0.29) is 11.5 Å². The summed E-state index contributed by atoms with van der Waals surface area (Å²) in [5.74, 6) is 1.13. The molecule has 1 amide bonds. The van der Waals surface area contributed by atoms with Crippen LogP contribution in [0.15, 0.2) is 70.8 Å². The highest BCUT2D eigenvalue weighted by atomic mass is 32.1. The number of hydrogen-bond donors (Lipinski definition) is 0. The number of nitrogens with zero attached hydrogens (tertiary/aromatic N) is 3. The van der Waals surface area contributed by atoms with Crippen LogP contribution in [0.3, 0.4) is 0 Å². The van der Waals surface area contributed by atoms with E-state index in [1.807, 2.05) is 71.8 Å². The number of fused-ring (bicyclic) bond motifs is 1. The van der Waals surface area contributed by atoms with Crippen molar-refractivity contribution >= 4 is 28.1 Å². The second-order valence-electron chi connectivity index (χ2n) is 8.53. The van der Waals surface area contributed by atoms with E-state index in [1.54, 1.807) is 29.1 Å². The Bertz CT molecular complexity index is 1350. The van der Waals surface area contributed by atoms with Crippen molar-refractivity contribution in [2.24, 2.45) is 0 Å². The van der Waals surface area contributed by atoms with Crippen LogP contribution in [0.5, 0.6) is 5.75 Å². The Hall–Kier alpha value is -3.45. The lowest BCUT2D eigenvalue weighted by molar-refractivity contribution is -0.132. The minimum Gasteiger partial charge on any atom is -0.495 e. The van der Waals surface area contributed by atoms with Gasteiger partial charge in [-0.1, -0.05) is 50.1 Å². The van der Waals surface area contributed by atoms with E-state index in [1.165, 1.54) is 0 Å². The number of carbonyl (C=O) groups is 1. The first-order valence-corrected chi connectivity index (χ1v) is 12.9. The molecule has 2 aromatic carbocycles. The molecule has 0 spiro atoms. The molecule has 0 fully saturated rings. The number of aromatic nitrogens is 2. The SMILES string of the molecule is CCCCCN(C(=O)Cc1cccs1)C(C)c1nc2ccccc2c(=O)n1-c1ccccc1OC. The second-order valence-corrected chi connectivity index (χ2v) is 9.56. The van der Waals surface area contributed by atoms with Crippen LogP contribution < -0.4 is 10.3 Å². The van der Waals surface area contributed by atoms with E-state index < -0.39 is 6.04 Å². The Morgan fingerprint density at radius 1 is 1.09 bits per heavy atom. The monoisotopic (exact) mass is 489 g/mol. The van der Waals surface area contributed by atoms with E-state index >= 15 is 0 Å². The zero-order valence-corrected chi connectivity index (χ0v) is 21.3. The zero-order chi connectivity index (χ0) is 24.8.